The van der Waals surface area contributed by atoms with Gasteiger partial charge in [-0.05, 0) is 72.0 Å². The normalized spacial score (nSPS) is 15.8. The molecule has 24 heavy (non-hydrogen) atoms. The van der Waals surface area contributed by atoms with Crippen LogP contribution in [0.3, 0.4) is 0 Å². The van der Waals surface area contributed by atoms with Gasteiger partial charge in [0.15, 0.2) is 11.5 Å². The van der Waals surface area contributed by atoms with Crippen LogP contribution in [0, 0.1) is 15.9 Å². The Morgan fingerprint density at radius 2 is 2.00 bits per heavy atom. The zero-order valence-electron chi connectivity index (χ0n) is 13.3. The maximum absolute atomic E-state index is 12.2. The van der Waals surface area contributed by atoms with Crippen molar-refractivity contribution in [2.24, 2.45) is 0 Å². The second-order valence-corrected chi connectivity index (χ2v) is 6.82. The molecule has 2 rings (SSSR count). The lowest BCUT2D eigenvalue weighted by Gasteiger charge is -2.13. The van der Waals surface area contributed by atoms with E-state index in [1.807, 2.05) is 19.9 Å². The van der Waals surface area contributed by atoms with Gasteiger partial charge in [0, 0.05) is 0 Å². The predicted molar refractivity (Wildman–Crippen MR) is 103 cm³/mol. The monoisotopic (exact) mass is 457 g/mol. The molecular formula is C17H16INO4S. The Morgan fingerprint density at radius 3 is 2.62 bits per heavy atom. The minimum Gasteiger partial charge on any atom is -0.490 e. The topological polar surface area (TPSA) is 55.8 Å². The number of rotatable bonds is 6. The number of imide groups is 1. The SMILES string of the molecule is C#CCN1C(=O)S/C(=C/c2cc(I)c(OCC)c(OCC)c2)C1=O. The van der Waals surface area contributed by atoms with Crippen molar-refractivity contribution in [3.05, 3.63) is 26.2 Å². The molecule has 0 radical (unpaired) electrons. The van der Waals surface area contributed by atoms with Crippen molar-refractivity contribution in [3.63, 3.8) is 0 Å². The van der Waals surface area contributed by atoms with Gasteiger partial charge in [-0.1, -0.05) is 5.92 Å². The average Bonchev–Trinajstić information content (AvgIpc) is 2.79. The highest BCUT2D eigenvalue weighted by Crippen LogP contribution is 2.37. The van der Waals surface area contributed by atoms with Crippen LogP contribution in [0.4, 0.5) is 4.79 Å². The molecule has 1 fully saturated rings. The van der Waals surface area contributed by atoms with Gasteiger partial charge in [-0.3, -0.25) is 14.5 Å². The van der Waals surface area contributed by atoms with Crippen LogP contribution < -0.4 is 9.47 Å². The largest absolute Gasteiger partial charge is 0.490 e. The smallest absolute Gasteiger partial charge is 0.294 e. The molecule has 0 unspecified atom stereocenters. The molecule has 1 aliphatic rings. The zero-order chi connectivity index (χ0) is 17.7. The summed E-state index contributed by atoms with van der Waals surface area (Å²) in [5, 5.41) is -0.352. The van der Waals surface area contributed by atoms with E-state index >= 15 is 0 Å². The molecule has 1 aromatic rings. The summed E-state index contributed by atoms with van der Waals surface area (Å²) in [4.78, 5) is 25.5. The van der Waals surface area contributed by atoms with Gasteiger partial charge in [-0.15, -0.1) is 6.42 Å². The molecule has 0 bridgehead atoms. The highest BCUT2D eigenvalue weighted by molar-refractivity contribution is 14.1. The first-order chi connectivity index (χ1) is 11.5. The summed E-state index contributed by atoms with van der Waals surface area (Å²) in [6.45, 7) is 4.80. The van der Waals surface area contributed by atoms with Crippen LogP contribution >= 0.6 is 34.4 Å². The highest BCUT2D eigenvalue weighted by Gasteiger charge is 2.34. The van der Waals surface area contributed by atoms with Crippen LogP contribution in [0.15, 0.2) is 17.0 Å². The number of hydrogen-bond donors (Lipinski definition) is 0. The number of ether oxygens (including phenoxy) is 2. The van der Waals surface area contributed by atoms with Gasteiger partial charge in [0.05, 0.1) is 28.2 Å². The van der Waals surface area contributed by atoms with Crippen LogP contribution in [0.2, 0.25) is 0 Å². The summed E-state index contributed by atoms with van der Waals surface area (Å²) in [5.74, 6) is 3.24. The molecule has 0 aromatic heterocycles. The van der Waals surface area contributed by atoms with E-state index in [1.54, 1.807) is 12.1 Å². The molecule has 0 atom stereocenters. The second-order valence-electron chi connectivity index (χ2n) is 4.67. The number of nitrogens with zero attached hydrogens (tertiary/aromatic N) is 1. The quantitative estimate of drug-likeness (QED) is 0.370. The van der Waals surface area contributed by atoms with Gasteiger partial charge in [0.25, 0.3) is 11.1 Å². The molecular weight excluding hydrogens is 441 g/mol. The molecule has 0 aliphatic carbocycles. The average molecular weight is 457 g/mol. The number of carbonyl (C=O) groups excluding carboxylic acids is 2. The molecule has 1 aromatic carbocycles. The Bertz CT molecular complexity index is 739. The summed E-state index contributed by atoms with van der Waals surface area (Å²) >= 11 is 3.04. The van der Waals surface area contributed by atoms with E-state index in [0.717, 1.165) is 25.8 Å². The van der Waals surface area contributed by atoms with E-state index in [1.165, 1.54) is 0 Å². The molecule has 1 heterocycles. The lowest BCUT2D eigenvalue weighted by molar-refractivity contribution is -0.122. The van der Waals surface area contributed by atoms with Crippen LogP contribution in [-0.4, -0.2) is 35.8 Å². The van der Waals surface area contributed by atoms with Gasteiger partial charge < -0.3 is 9.47 Å². The summed E-state index contributed by atoms with van der Waals surface area (Å²) < 4.78 is 12.1. The van der Waals surface area contributed by atoms with Crippen molar-refractivity contribution >= 4 is 51.6 Å². The first-order valence-corrected chi connectivity index (χ1v) is 9.19. The number of benzene rings is 1. The van der Waals surface area contributed by atoms with Crippen molar-refractivity contribution in [2.75, 3.05) is 19.8 Å². The number of terminal acetylenes is 1. The summed E-state index contributed by atoms with van der Waals surface area (Å²) in [5.41, 5.74) is 0.762. The fourth-order valence-electron chi connectivity index (χ4n) is 2.10. The third-order valence-corrected chi connectivity index (χ3v) is 4.75. The fourth-order valence-corrected chi connectivity index (χ4v) is 3.72. The number of amides is 2. The van der Waals surface area contributed by atoms with Gasteiger partial charge >= 0.3 is 0 Å². The Kier molecular flexibility index (Phi) is 6.57. The maximum atomic E-state index is 12.2. The van der Waals surface area contributed by atoms with Crippen molar-refractivity contribution in [1.29, 1.82) is 0 Å². The van der Waals surface area contributed by atoms with Gasteiger partial charge in [0.1, 0.15) is 0 Å². The van der Waals surface area contributed by atoms with Gasteiger partial charge in [-0.25, -0.2) is 0 Å². The van der Waals surface area contributed by atoms with Crippen molar-refractivity contribution < 1.29 is 19.1 Å². The summed E-state index contributed by atoms with van der Waals surface area (Å²) in [6, 6.07) is 3.68. The van der Waals surface area contributed by atoms with Gasteiger partial charge in [0.2, 0.25) is 0 Å². The highest BCUT2D eigenvalue weighted by atomic mass is 127. The Morgan fingerprint density at radius 1 is 1.29 bits per heavy atom. The number of thioether (sulfide) groups is 1. The molecule has 5 nitrogen and oxygen atoms in total. The lowest BCUT2D eigenvalue weighted by Crippen LogP contribution is -2.28. The Hall–Kier alpha value is -1.66. The van der Waals surface area contributed by atoms with Crippen LogP contribution in [0.5, 0.6) is 11.5 Å². The van der Waals surface area contributed by atoms with E-state index in [0.29, 0.717) is 29.6 Å². The minimum atomic E-state index is -0.371. The molecule has 2 amide bonds. The number of halogens is 1. The van der Waals surface area contributed by atoms with Gasteiger partial charge in [-0.2, -0.15) is 0 Å². The van der Waals surface area contributed by atoms with E-state index in [9.17, 15) is 9.59 Å². The standard InChI is InChI=1S/C17H16INO4S/c1-4-7-19-16(20)14(24-17(19)21)10-11-8-12(18)15(23-6-3)13(9-11)22-5-2/h1,8-10H,5-7H2,2-3H3/b14-10+. The van der Waals surface area contributed by atoms with Crippen molar-refractivity contribution in [3.8, 4) is 23.8 Å². The third-order valence-electron chi connectivity index (χ3n) is 3.04. The second kappa shape index (κ2) is 8.44. The van der Waals surface area contributed by atoms with Crippen LogP contribution in [-0.2, 0) is 4.79 Å². The maximum Gasteiger partial charge on any atom is 0.294 e. The molecule has 0 N–H and O–H groups in total. The molecule has 1 aliphatic heterocycles. The third kappa shape index (κ3) is 4.05. The first kappa shape index (κ1) is 18.7. The summed E-state index contributed by atoms with van der Waals surface area (Å²) in [7, 11) is 0. The fraction of sp³-hybridized carbons (Fsp3) is 0.294. The molecule has 126 valence electrons. The molecule has 0 saturated carbocycles. The Balaban J connectivity index is 2.38. The van der Waals surface area contributed by atoms with Crippen LogP contribution in [0.25, 0.3) is 6.08 Å². The van der Waals surface area contributed by atoms with E-state index < -0.39 is 0 Å². The van der Waals surface area contributed by atoms with E-state index in [4.69, 9.17) is 15.9 Å². The first-order valence-electron chi connectivity index (χ1n) is 7.29. The van der Waals surface area contributed by atoms with E-state index in [2.05, 4.69) is 28.5 Å². The van der Waals surface area contributed by atoms with Crippen molar-refractivity contribution in [1.82, 2.24) is 4.90 Å². The minimum absolute atomic E-state index is 0.0208. The van der Waals surface area contributed by atoms with E-state index in [-0.39, 0.29) is 17.7 Å². The Labute approximate surface area is 158 Å². The molecule has 0 spiro atoms. The van der Waals surface area contributed by atoms with Crippen molar-refractivity contribution in [2.45, 2.75) is 13.8 Å². The summed E-state index contributed by atoms with van der Waals surface area (Å²) in [6.07, 6.45) is 6.86. The van der Waals surface area contributed by atoms with Crippen LogP contribution in [0.1, 0.15) is 19.4 Å². The molecule has 7 heteroatoms. The zero-order valence-corrected chi connectivity index (χ0v) is 16.3. The molecule has 1 saturated heterocycles. The predicted octanol–water partition coefficient (Wildman–Crippen LogP) is 3.76. The lowest BCUT2D eigenvalue weighted by atomic mass is 10.2. The number of hydrogen-bond acceptors (Lipinski definition) is 5. The number of carbonyl (C=O) groups is 2.